The molecular weight excluding hydrogens is 416 g/mol. The minimum absolute atomic E-state index is 0.0140. The van der Waals surface area contributed by atoms with Crippen LogP contribution in [0.2, 0.25) is 0 Å². The summed E-state index contributed by atoms with van der Waals surface area (Å²) in [7, 11) is 0.118. The van der Waals surface area contributed by atoms with Gasteiger partial charge in [0.05, 0.1) is 16.8 Å². The summed E-state index contributed by atoms with van der Waals surface area (Å²) in [5.74, 6) is 0.844. The number of rotatable bonds is 3. The van der Waals surface area contributed by atoms with Crippen molar-refractivity contribution >= 4 is 45.9 Å². The Kier molecular flexibility index (Phi) is 4.78. The Morgan fingerprint density at radius 3 is 2.68 bits per heavy atom. The van der Waals surface area contributed by atoms with E-state index >= 15 is 0 Å². The molecule has 4 heterocycles. The number of amides is 1. The van der Waals surface area contributed by atoms with Crippen LogP contribution in [0.1, 0.15) is 37.8 Å². The molecule has 11 heteroatoms. The van der Waals surface area contributed by atoms with Gasteiger partial charge >= 0.3 is 0 Å². The monoisotopic (exact) mass is 438 g/mol. The van der Waals surface area contributed by atoms with E-state index in [4.69, 9.17) is 10.1 Å². The number of nitrogens with zero attached hydrogens (tertiary/aromatic N) is 6. The van der Waals surface area contributed by atoms with Crippen LogP contribution in [0.15, 0.2) is 40.6 Å². The zero-order chi connectivity index (χ0) is 21.6. The summed E-state index contributed by atoms with van der Waals surface area (Å²) in [6, 6.07) is 5.27. The van der Waals surface area contributed by atoms with Crippen molar-refractivity contribution < 1.29 is 9.00 Å². The maximum atomic E-state index is 13.4. The van der Waals surface area contributed by atoms with Gasteiger partial charge in [-0.25, -0.2) is 24.3 Å². The Bertz CT molecular complexity index is 1210. The van der Waals surface area contributed by atoms with E-state index in [0.29, 0.717) is 22.3 Å². The molecule has 0 saturated heterocycles. The molecule has 3 N–H and O–H groups in total. The maximum absolute atomic E-state index is 13.4. The number of hydrogen-bond acceptors (Lipinski definition) is 7. The molecule has 1 saturated carbocycles. The standard InChI is InChI=1S/C20H22N8O2S/c1-27-18(29)20(7-3-2-4-8-20)28-14(11-24-27)9-13-10-23-19(26-17(13)28)25-16-6-5-15(12-22-16)31(21)30/h5-6,9-12H,2-4,7-8,21H2,1H3,(H,22,23,25,26). The second-order valence-corrected chi connectivity index (χ2v) is 8.91. The minimum atomic E-state index is -1.59. The van der Waals surface area contributed by atoms with Gasteiger partial charge in [0.15, 0.2) is 0 Å². The van der Waals surface area contributed by atoms with E-state index in [-0.39, 0.29) is 5.91 Å². The predicted molar refractivity (Wildman–Crippen MR) is 117 cm³/mol. The van der Waals surface area contributed by atoms with Gasteiger partial charge in [-0.15, -0.1) is 0 Å². The number of hydrazone groups is 1. The van der Waals surface area contributed by atoms with Crippen LogP contribution < -0.4 is 10.5 Å². The predicted octanol–water partition coefficient (Wildman–Crippen LogP) is 2.02. The first-order chi connectivity index (χ1) is 15.0. The highest BCUT2D eigenvalue weighted by Crippen LogP contribution is 2.41. The fourth-order valence-corrected chi connectivity index (χ4v) is 4.83. The number of hydrogen-bond donors (Lipinski definition) is 2. The van der Waals surface area contributed by atoms with E-state index in [1.54, 1.807) is 31.6 Å². The lowest BCUT2D eigenvalue weighted by Crippen LogP contribution is -2.48. The van der Waals surface area contributed by atoms with Gasteiger partial charge in [0.2, 0.25) is 5.95 Å². The molecule has 0 bridgehead atoms. The van der Waals surface area contributed by atoms with E-state index in [1.807, 2.05) is 10.6 Å². The molecule has 1 unspecified atom stereocenters. The van der Waals surface area contributed by atoms with Crippen molar-refractivity contribution in [3.63, 3.8) is 0 Å². The Labute approximate surface area is 181 Å². The number of nitrogens with one attached hydrogen (secondary N) is 1. The number of likely N-dealkylation sites (N-methyl/N-ethyl adjacent to an activating group) is 1. The van der Waals surface area contributed by atoms with E-state index < -0.39 is 16.5 Å². The molecule has 1 atom stereocenters. The average Bonchev–Trinajstić information content (AvgIpc) is 3.12. The first-order valence-corrected chi connectivity index (χ1v) is 11.3. The Morgan fingerprint density at radius 2 is 1.97 bits per heavy atom. The summed E-state index contributed by atoms with van der Waals surface area (Å²) in [5, 5.41) is 15.1. The van der Waals surface area contributed by atoms with Crippen LogP contribution in [-0.4, -0.2) is 47.9 Å². The molecule has 10 nitrogen and oxygen atoms in total. The van der Waals surface area contributed by atoms with Gasteiger partial charge in [0.25, 0.3) is 5.91 Å². The second-order valence-electron chi connectivity index (χ2n) is 7.84. The third-order valence-corrected chi connectivity index (χ3v) is 6.65. The van der Waals surface area contributed by atoms with Gasteiger partial charge in [-0.1, -0.05) is 19.3 Å². The second kappa shape index (κ2) is 7.50. The van der Waals surface area contributed by atoms with E-state index in [9.17, 15) is 9.00 Å². The van der Waals surface area contributed by atoms with Crippen molar-refractivity contribution in [3.8, 4) is 0 Å². The lowest BCUT2D eigenvalue weighted by molar-refractivity contribution is -0.141. The van der Waals surface area contributed by atoms with E-state index in [1.165, 1.54) is 11.2 Å². The SMILES string of the molecule is CN1N=Cc2cc3cnc(Nc4ccc(S(N)=O)cn4)nc3n2C2(CCCCC2)C1=O. The zero-order valence-electron chi connectivity index (χ0n) is 17.0. The first-order valence-electron chi connectivity index (χ1n) is 10.1. The molecule has 2 aliphatic rings. The minimum Gasteiger partial charge on any atom is -0.309 e. The number of anilines is 2. The summed E-state index contributed by atoms with van der Waals surface area (Å²) < 4.78 is 13.4. The maximum Gasteiger partial charge on any atom is 0.268 e. The number of carbonyl (C=O) groups excluding carboxylic acids is 1. The van der Waals surface area contributed by atoms with Crippen LogP contribution in [0.25, 0.3) is 11.0 Å². The fourth-order valence-electron chi connectivity index (χ4n) is 4.47. The van der Waals surface area contributed by atoms with Crippen molar-refractivity contribution in [3.05, 3.63) is 36.3 Å². The van der Waals surface area contributed by atoms with Gasteiger partial charge in [0.1, 0.15) is 28.0 Å². The summed E-state index contributed by atoms with van der Waals surface area (Å²) in [6.07, 6.45) is 9.47. The average molecular weight is 439 g/mol. The first kappa shape index (κ1) is 19.8. The molecule has 1 amide bonds. The summed E-state index contributed by atoms with van der Waals surface area (Å²) in [4.78, 5) is 27.2. The molecule has 0 radical (unpaired) electrons. The molecule has 0 aromatic carbocycles. The van der Waals surface area contributed by atoms with Crippen molar-refractivity contribution in [1.29, 1.82) is 0 Å². The third-order valence-electron chi connectivity index (χ3n) is 5.94. The third kappa shape index (κ3) is 3.29. The molecule has 160 valence electrons. The van der Waals surface area contributed by atoms with Gasteiger partial charge in [0, 0.05) is 24.8 Å². The molecule has 1 aliphatic carbocycles. The van der Waals surface area contributed by atoms with Gasteiger partial charge in [-0.3, -0.25) is 4.79 Å². The number of nitrogens with two attached hydrogens (primary N) is 1. The quantitative estimate of drug-likeness (QED) is 0.643. The van der Waals surface area contributed by atoms with Crippen LogP contribution in [0.5, 0.6) is 0 Å². The smallest absolute Gasteiger partial charge is 0.268 e. The van der Waals surface area contributed by atoms with Gasteiger partial charge < -0.3 is 9.88 Å². The van der Waals surface area contributed by atoms with Crippen LogP contribution in [-0.2, 0) is 21.3 Å². The molecule has 1 fully saturated rings. The number of pyridine rings is 1. The number of aromatic nitrogens is 4. The van der Waals surface area contributed by atoms with Crippen molar-refractivity contribution in [2.45, 2.75) is 42.5 Å². The normalized spacial score (nSPS) is 18.8. The van der Waals surface area contributed by atoms with E-state index in [2.05, 4.69) is 20.4 Å². The highest BCUT2D eigenvalue weighted by molar-refractivity contribution is 7.82. The van der Waals surface area contributed by atoms with Crippen molar-refractivity contribution in [2.75, 3.05) is 12.4 Å². The molecule has 5 rings (SSSR count). The Morgan fingerprint density at radius 1 is 1.16 bits per heavy atom. The highest BCUT2D eigenvalue weighted by Gasteiger charge is 2.46. The van der Waals surface area contributed by atoms with Crippen LogP contribution >= 0.6 is 0 Å². The highest BCUT2D eigenvalue weighted by atomic mass is 32.2. The van der Waals surface area contributed by atoms with Crippen LogP contribution in [0.4, 0.5) is 11.8 Å². The van der Waals surface area contributed by atoms with Crippen LogP contribution in [0.3, 0.4) is 0 Å². The zero-order valence-corrected chi connectivity index (χ0v) is 17.8. The van der Waals surface area contributed by atoms with Crippen molar-refractivity contribution in [2.24, 2.45) is 10.2 Å². The molecule has 1 spiro atoms. The lowest BCUT2D eigenvalue weighted by Gasteiger charge is -2.38. The topological polar surface area (TPSA) is 131 Å². The molecule has 3 aromatic rings. The van der Waals surface area contributed by atoms with E-state index in [0.717, 1.165) is 43.2 Å². The van der Waals surface area contributed by atoms with Gasteiger partial charge in [-0.2, -0.15) is 10.1 Å². The van der Waals surface area contributed by atoms with Crippen molar-refractivity contribution in [1.82, 2.24) is 24.5 Å². The summed E-state index contributed by atoms with van der Waals surface area (Å²) in [6.45, 7) is 0. The summed E-state index contributed by atoms with van der Waals surface area (Å²) in [5.41, 5.74) is 0.829. The molecular formula is C20H22N8O2S. The Balaban J connectivity index is 1.59. The number of fused-ring (bicyclic) bond motifs is 4. The number of carbonyl (C=O) groups is 1. The van der Waals surface area contributed by atoms with Crippen LogP contribution in [0, 0.1) is 0 Å². The Hall–Kier alpha value is -3.18. The fraction of sp³-hybridized carbons (Fsp3) is 0.350. The lowest BCUT2D eigenvalue weighted by atomic mass is 9.80. The summed E-state index contributed by atoms with van der Waals surface area (Å²) >= 11 is 0. The van der Waals surface area contributed by atoms with Gasteiger partial charge in [-0.05, 0) is 31.0 Å². The molecule has 31 heavy (non-hydrogen) atoms. The molecule has 3 aromatic heterocycles. The largest absolute Gasteiger partial charge is 0.309 e. The molecule has 1 aliphatic heterocycles.